The quantitative estimate of drug-likeness (QED) is 0.796. The Bertz CT molecular complexity index is 464. The van der Waals surface area contributed by atoms with Crippen molar-refractivity contribution in [2.45, 2.75) is 13.3 Å². The molecular formula is C10H12BrNO2S. The van der Waals surface area contributed by atoms with Crippen LogP contribution in [0.4, 0.5) is 5.69 Å². The van der Waals surface area contributed by atoms with E-state index in [4.69, 9.17) is 0 Å². The molecule has 1 aliphatic heterocycles. The molecule has 1 saturated heterocycles. The molecule has 0 radical (unpaired) electrons. The van der Waals surface area contributed by atoms with Gasteiger partial charge in [0.05, 0.1) is 11.4 Å². The van der Waals surface area contributed by atoms with Crippen molar-refractivity contribution < 1.29 is 8.42 Å². The minimum absolute atomic E-state index is 0.262. The zero-order chi connectivity index (χ0) is 11.1. The zero-order valence-electron chi connectivity index (χ0n) is 8.40. The summed E-state index contributed by atoms with van der Waals surface area (Å²) in [6.45, 7) is 2.55. The van der Waals surface area contributed by atoms with Gasteiger partial charge in [-0.05, 0) is 37.1 Å². The number of anilines is 1. The van der Waals surface area contributed by atoms with E-state index in [1.165, 1.54) is 4.31 Å². The van der Waals surface area contributed by atoms with E-state index >= 15 is 0 Å². The number of halogens is 1. The van der Waals surface area contributed by atoms with Crippen LogP contribution in [0.25, 0.3) is 0 Å². The maximum Gasteiger partial charge on any atom is 0.235 e. The van der Waals surface area contributed by atoms with E-state index in [0.717, 1.165) is 15.7 Å². The Balaban J connectivity index is 2.46. The molecule has 0 aromatic heterocycles. The van der Waals surface area contributed by atoms with Gasteiger partial charge >= 0.3 is 0 Å². The molecular weight excluding hydrogens is 278 g/mol. The summed E-state index contributed by atoms with van der Waals surface area (Å²) in [6, 6.07) is 5.70. The fourth-order valence-corrected chi connectivity index (χ4v) is 3.93. The monoisotopic (exact) mass is 289 g/mol. The Morgan fingerprint density at radius 2 is 2.07 bits per heavy atom. The number of hydrogen-bond donors (Lipinski definition) is 0. The predicted octanol–water partition coefficient (Wildman–Crippen LogP) is 2.30. The Morgan fingerprint density at radius 1 is 1.33 bits per heavy atom. The third-order valence-electron chi connectivity index (χ3n) is 2.41. The van der Waals surface area contributed by atoms with Crippen molar-refractivity contribution >= 4 is 31.6 Å². The molecule has 0 saturated carbocycles. The first-order valence-electron chi connectivity index (χ1n) is 4.77. The van der Waals surface area contributed by atoms with Crippen molar-refractivity contribution in [3.63, 3.8) is 0 Å². The van der Waals surface area contributed by atoms with Gasteiger partial charge in [0.25, 0.3) is 0 Å². The minimum atomic E-state index is -3.06. The van der Waals surface area contributed by atoms with Gasteiger partial charge in [-0.3, -0.25) is 4.31 Å². The fourth-order valence-electron chi connectivity index (χ4n) is 1.79. The maximum absolute atomic E-state index is 11.7. The molecule has 0 bridgehead atoms. The molecule has 1 heterocycles. The lowest BCUT2D eigenvalue weighted by atomic mass is 10.2. The summed E-state index contributed by atoms with van der Waals surface area (Å²) in [5.74, 6) is 0.262. The highest BCUT2D eigenvalue weighted by Crippen LogP contribution is 2.27. The van der Waals surface area contributed by atoms with Crippen molar-refractivity contribution in [2.24, 2.45) is 0 Å². The van der Waals surface area contributed by atoms with Gasteiger partial charge in [0.1, 0.15) is 0 Å². The first-order valence-corrected chi connectivity index (χ1v) is 7.17. The maximum atomic E-state index is 11.7. The lowest BCUT2D eigenvalue weighted by molar-refractivity contribution is 0.599. The van der Waals surface area contributed by atoms with Crippen LogP contribution in [-0.2, 0) is 10.0 Å². The second-order valence-electron chi connectivity index (χ2n) is 3.73. The molecule has 0 spiro atoms. The molecule has 5 heteroatoms. The first kappa shape index (κ1) is 11.0. The van der Waals surface area contributed by atoms with E-state index in [1.807, 2.05) is 25.1 Å². The molecule has 0 amide bonds. The van der Waals surface area contributed by atoms with Crippen LogP contribution in [0.1, 0.15) is 12.0 Å². The Hall–Kier alpha value is -0.550. The molecule has 1 aliphatic rings. The highest BCUT2D eigenvalue weighted by atomic mass is 79.9. The smallest absolute Gasteiger partial charge is 0.235 e. The molecule has 0 N–H and O–H groups in total. The van der Waals surface area contributed by atoms with Crippen LogP contribution in [0, 0.1) is 6.92 Å². The zero-order valence-corrected chi connectivity index (χ0v) is 10.8. The van der Waals surface area contributed by atoms with Gasteiger partial charge in [0, 0.05) is 11.0 Å². The lowest BCUT2D eigenvalue weighted by Crippen LogP contribution is -2.25. The number of aryl methyl sites for hydroxylation is 1. The molecule has 3 nitrogen and oxygen atoms in total. The summed E-state index contributed by atoms with van der Waals surface area (Å²) in [5, 5.41) is 0. The average molecular weight is 290 g/mol. The van der Waals surface area contributed by atoms with Crippen molar-refractivity contribution in [1.82, 2.24) is 0 Å². The summed E-state index contributed by atoms with van der Waals surface area (Å²) in [4.78, 5) is 0. The van der Waals surface area contributed by atoms with E-state index in [2.05, 4.69) is 15.9 Å². The second kappa shape index (κ2) is 3.79. The fraction of sp³-hybridized carbons (Fsp3) is 0.400. The van der Waals surface area contributed by atoms with E-state index in [1.54, 1.807) is 0 Å². The van der Waals surface area contributed by atoms with Gasteiger partial charge in [-0.2, -0.15) is 0 Å². The van der Waals surface area contributed by atoms with Crippen LogP contribution in [0.5, 0.6) is 0 Å². The molecule has 0 atom stereocenters. The Morgan fingerprint density at radius 3 is 2.60 bits per heavy atom. The number of hydrogen-bond acceptors (Lipinski definition) is 2. The van der Waals surface area contributed by atoms with Gasteiger partial charge in [-0.15, -0.1) is 0 Å². The van der Waals surface area contributed by atoms with Crippen molar-refractivity contribution in [2.75, 3.05) is 16.6 Å². The van der Waals surface area contributed by atoms with E-state index in [9.17, 15) is 8.42 Å². The van der Waals surface area contributed by atoms with Gasteiger partial charge in [-0.1, -0.05) is 15.9 Å². The highest BCUT2D eigenvalue weighted by Gasteiger charge is 2.28. The van der Waals surface area contributed by atoms with E-state index < -0.39 is 10.0 Å². The molecule has 1 aromatic rings. The molecule has 0 aliphatic carbocycles. The lowest BCUT2D eigenvalue weighted by Gasteiger charge is -2.17. The Kier molecular flexibility index (Phi) is 2.77. The summed E-state index contributed by atoms with van der Waals surface area (Å²) in [6.07, 6.45) is 0.716. The third-order valence-corrected chi connectivity index (χ3v) is 4.74. The highest BCUT2D eigenvalue weighted by molar-refractivity contribution is 9.10. The molecule has 0 unspecified atom stereocenters. The number of sulfonamides is 1. The van der Waals surface area contributed by atoms with Crippen LogP contribution in [0.2, 0.25) is 0 Å². The van der Waals surface area contributed by atoms with Crippen molar-refractivity contribution in [3.05, 3.63) is 28.2 Å². The molecule has 1 fully saturated rings. The average Bonchev–Trinajstić information content (AvgIpc) is 2.43. The third kappa shape index (κ3) is 2.18. The normalized spacial score (nSPS) is 19.5. The SMILES string of the molecule is Cc1cc(Br)cc(N2CCCS2(=O)=O)c1. The van der Waals surface area contributed by atoms with Gasteiger partial charge < -0.3 is 0 Å². The molecule has 1 aromatic carbocycles. The summed E-state index contributed by atoms with van der Waals surface area (Å²) in [5.41, 5.74) is 1.82. The minimum Gasteiger partial charge on any atom is -0.270 e. The Labute approximate surface area is 98.3 Å². The molecule has 82 valence electrons. The molecule has 15 heavy (non-hydrogen) atoms. The van der Waals surface area contributed by atoms with Crippen LogP contribution in [0.15, 0.2) is 22.7 Å². The van der Waals surface area contributed by atoms with Crippen molar-refractivity contribution in [1.29, 1.82) is 0 Å². The predicted molar refractivity (Wildman–Crippen MR) is 64.6 cm³/mol. The first-order chi connectivity index (χ1) is 6.99. The second-order valence-corrected chi connectivity index (χ2v) is 6.66. The van der Waals surface area contributed by atoms with Crippen LogP contribution in [0.3, 0.4) is 0 Å². The number of benzene rings is 1. The number of nitrogens with zero attached hydrogens (tertiary/aromatic N) is 1. The van der Waals surface area contributed by atoms with Gasteiger partial charge in [-0.25, -0.2) is 8.42 Å². The standard InChI is InChI=1S/C10H12BrNO2S/c1-8-5-9(11)7-10(6-8)12-3-2-4-15(12,13)14/h5-7H,2-4H2,1H3. The molecule has 2 rings (SSSR count). The van der Waals surface area contributed by atoms with Crippen LogP contribution in [-0.4, -0.2) is 20.7 Å². The van der Waals surface area contributed by atoms with Crippen LogP contribution < -0.4 is 4.31 Å². The van der Waals surface area contributed by atoms with Gasteiger partial charge in [0.2, 0.25) is 10.0 Å². The largest absolute Gasteiger partial charge is 0.270 e. The number of rotatable bonds is 1. The van der Waals surface area contributed by atoms with Gasteiger partial charge in [0.15, 0.2) is 0 Å². The topological polar surface area (TPSA) is 37.4 Å². The van der Waals surface area contributed by atoms with Crippen molar-refractivity contribution in [3.8, 4) is 0 Å². The summed E-state index contributed by atoms with van der Waals surface area (Å²) < 4.78 is 25.8. The van der Waals surface area contributed by atoms with E-state index in [-0.39, 0.29) is 5.75 Å². The van der Waals surface area contributed by atoms with E-state index in [0.29, 0.717) is 13.0 Å². The summed E-state index contributed by atoms with van der Waals surface area (Å²) in [7, 11) is -3.06. The van der Waals surface area contributed by atoms with Crippen LogP contribution >= 0.6 is 15.9 Å². The summed E-state index contributed by atoms with van der Waals surface area (Å²) >= 11 is 3.38.